The van der Waals surface area contributed by atoms with Gasteiger partial charge in [0.15, 0.2) is 0 Å². The Balaban J connectivity index is 3.00. The fourth-order valence-corrected chi connectivity index (χ4v) is 1.16. The van der Waals surface area contributed by atoms with Crippen LogP contribution in [-0.4, -0.2) is 17.5 Å². The number of nitrogens with two attached hydrogens (primary N) is 1. The summed E-state index contributed by atoms with van der Waals surface area (Å²) in [5.74, 6) is 0.287. The van der Waals surface area contributed by atoms with Crippen LogP contribution < -0.4 is 10.5 Å². The van der Waals surface area contributed by atoms with Crippen LogP contribution in [0.1, 0.15) is 18.6 Å². The fourth-order valence-electron chi connectivity index (χ4n) is 1.16. The summed E-state index contributed by atoms with van der Waals surface area (Å²) in [6.07, 6.45) is -1.09. The topological polar surface area (TPSA) is 79.3 Å². The van der Waals surface area contributed by atoms with Crippen molar-refractivity contribution in [2.75, 3.05) is 6.61 Å². The average Bonchev–Trinajstić information content (AvgIpc) is 2.18. The lowest BCUT2D eigenvalue weighted by Gasteiger charge is -2.13. The number of ether oxygens (including phenoxy) is 1. The van der Waals surface area contributed by atoms with Crippen molar-refractivity contribution in [2.24, 2.45) is 5.73 Å². The van der Waals surface area contributed by atoms with Gasteiger partial charge in [0.05, 0.1) is 6.61 Å². The minimum absolute atomic E-state index is 0.280. The minimum atomic E-state index is -1.09. The van der Waals surface area contributed by atoms with E-state index in [4.69, 9.17) is 15.9 Å². The summed E-state index contributed by atoms with van der Waals surface area (Å²) >= 11 is 0. The third-order valence-electron chi connectivity index (χ3n) is 1.81. The molecule has 0 heterocycles. The molecular formula is C10H14N2O2. The van der Waals surface area contributed by atoms with Crippen molar-refractivity contribution in [3.63, 3.8) is 0 Å². The van der Waals surface area contributed by atoms with E-state index in [1.807, 2.05) is 6.92 Å². The third-order valence-corrected chi connectivity index (χ3v) is 1.81. The van der Waals surface area contributed by atoms with E-state index in [0.29, 0.717) is 17.9 Å². The smallest absolute Gasteiger partial charge is 0.139 e. The molecule has 1 atom stereocenters. The first-order chi connectivity index (χ1) is 6.66. The Morgan fingerprint density at radius 1 is 1.57 bits per heavy atom. The zero-order valence-electron chi connectivity index (χ0n) is 8.03. The van der Waals surface area contributed by atoms with Crippen molar-refractivity contribution >= 4 is 5.84 Å². The van der Waals surface area contributed by atoms with Gasteiger partial charge in [-0.05, 0) is 13.0 Å². The molecule has 0 aromatic heterocycles. The normalized spacial score (nSPS) is 12.1. The van der Waals surface area contributed by atoms with Crippen LogP contribution in [0.2, 0.25) is 0 Å². The van der Waals surface area contributed by atoms with Gasteiger partial charge in [0.1, 0.15) is 17.7 Å². The highest BCUT2D eigenvalue weighted by molar-refractivity contribution is 5.83. The number of amidine groups is 1. The molecule has 0 bridgehead atoms. The zero-order chi connectivity index (χ0) is 10.6. The monoisotopic (exact) mass is 194 g/mol. The molecule has 0 spiro atoms. The summed E-state index contributed by atoms with van der Waals surface area (Å²) in [6, 6.07) is 7.01. The molecule has 0 aliphatic carbocycles. The maximum Gasteiger partial charge on any atom is 0.139 e. The summed E-state index contributed by atoms with van der Waals surface area (Å²) in [4.78, 5) is 0. The summed E-state index contributed by atoms with van der Waals surface area (Å²) in [5.41, 5.74) is 5.74. The predicted molar refractivity (Wildman–Crippen MR) is 54.5 cm³/mol. The molecule has 76 valence electrons. The Labute approximate surface area is 82.8 Å². The standard InChI is InChI=1S/C10H14N2O2/c1-2-14-8-6-4-3-5-7(8)9(13)10(11)12/h3-6,9,13H,2H2,1H3,(H3,11,12)/t9-/m0/s1. The van der Waals surface area contributed by atoms with E-state index in [-0.39, 0.29) is 5.84 Å². The molecule has 1 rings (SSSR count). The van der Waals surface area contributed by atoms with Gasteiger partial charge < -0.3 is 15.6 Å². The molecule has 0 saturated carbocycles. The van der Waals surface area contributed by atoms with E-state index >= 15 is 0 Å². The molecule has 1 aromatic rings. The molecule has 14 heavy (non-hydrogen) atoms. The van der Waals surface area contributed by atoms with Crippen molar-refractivity contribution in [1.82, 2.24) is 0 Å². The van der Waals surface area contributed by atoms with Crippen molar-refractivity contribution in [2.45, 2.75) is 13.0 Å². The summed E-state index contributed by atoms with van der Waals surface area (Å²) < 4.78 is 5.30. The Kier molecular flexibility index (Phi) is 3.48. The van der Waals surface area contributed by atoms with Crippen molar-refractivity contribution in [1.29, 1.82) is 5.41 Å². The summed E-state index contributed by atoms with van der Waals surface area (Å²) in [7, 11) is 0. The van der Waals surface area contributed by atoms with E-state index in [1.165, 1.54) is 0 Å². The summed E-state index contributed by atoms with van der Waals surface area (Å²) in [5, 5.41) is 16.7. The molecule has 0 aliphatic heterocycles. The number of rotatable bonds is 4. The lowest BCUT2D eigenvalue weighted by atomic mass is 10.1. The Morgan fingerprint density at radius 2 is 2.21 bits per heavy atom. The highest BCUT2D eigenvalue weighted by Gasteiger charge is 2.14. The number of benzene rings is 1. The average molecular weight is 194 g/mol. The molecule has 4 nitrogen and oxygen atoms in total. The number of hydrogen-bond acceptors (Lipinski definition) is 3. The van der Waals surface area contributed by atoms with E-state index in [2.05, 4.69) is 0 Å². The maximum atomic E-state index is 9.58. The second kappa shape index (κ2) is 4.62. The number of nitrogens with one attached hydrogen (secondary N) is 1. The molecule has 0 aliphatic rings. The third kappa shape index (κ3) is 2.23. The van der Waals surface area contributed by atoms with Crippen molar-refractivity contribution in [3.05, 3.63) is 29.8 Å². The number of aliphatic hydroxyl groups is 1. The van der Waals surface area contributed by atoms with Gasteiger partial charge in [-0.2, -0.15) is 0 Å². The summed E-state index contributed by atoms with van der Waals surface area (Å²) in [6.45, 7) is 2.37. The van der Waals surface area contributed by atoms with Gasteiger partial charge in [0.2, 0.25) is 0 Å². The number of para-hydroxylation sites is 1. The lowest BCUT2D eigenvalue weighted by molar-refractivity contribution is 0.235. The molecular weight excluding hydrogens is 180 g/mol. The van der Waals surface area contributed by atoms with Crippen LogP contribution >= 0.6 is 0 Å². The Bertz CT molecular complexity index is 326. The van der Waals surface area contributed by atoms with Crippen molar-refractivity contribution in [3.8, 4) is 5.75 Å². The van der Waals surface area contributed by atoms with Crippen LogP contribution in [0.25, 0.3) is 0 Å². The largest absolute Gasteiger partial charge is 0.493 e. The Hall–Kier alpha value is -1.55. The van der Waals surface area contributed by atoms with Gasteiger partial charge in [-0.3, -0.25) is 5.41 Å². The first-order valence-corrected chi connectivity index (χ1v) is 4.40. The van der Waals surface area contributed by atoms with E-state index < -0.39 is 6.10 Å². The van der Waals surface area contributed by atoms with Crippen molar-refractivity contribution < 1.29 is 9.84 Å². The molecule has 4 N–H and O–H groups in total. The van der Waals surface area contributed by atoms with Crippen LogP contribution in [0.5, 0.6) is 5.75 Å². The maximum absolute atomic E-state index is 9.58. The highest BCUT2D eigenvalue weighted by atomic mass is 16.5. The highest BCUT2D eigenvalue weighted by Crippen LogP contribution is 2.24. The molecule has 0 radical (unpaired) electrons. The van der Waals surface area contributed by atoms with E-state index in [1.54, 1.807) is 24.3 Å². The van der Waals surface area contributed by atoms with Gasteiger partial charge >= 0.3 is 0 Å². The minimum Gasteiger partial charge on any atom is -0.493 e. The Morgan fingerprint density at radius 3 is 2.79 bits per heavy atom. The van der Waals surface area contributed by atoms with E-state index in [9.17, 15) is 5.11 Å². The fraction of sp³-hybridized carbons (Fsp3) is 0.300. The molecule has 4 heteroatoms. The van der Waals surface area contributed by atoms with Crippen LogP contribution in [0.3, 0.4) is 0 Å². The van der Waals surface area contributed by atoms with Crippen LogP contribution in [0.4, 0.5) is 0 Å². The van der Waals surface area contributed by atoms with Gasteiger partial charge in [0, 0.05) is 5.56 Å². The van der Waals surface area contributed by atoms with E-state index in [0.717, 1.165) is 0 Å². The first-order valence-electron chi connectivity index (χ1n) is 4.40. The second-order valence-corrected chi connectivity index (χ2v) is 2.83. The first kappa shape index (κ1) is 10.5. The zero-order valence-corrected chi connectivity index (χ0v) is 8.03. The predicted octanol–water partition coefficient (Wildman–Crippen LogP) is 1.05. The van der Waals surface area contributed by atoms with Crippen LogP contribution in [0, 0.1) is 5.41 Å². The lowest BCUT2D eigenvalue weighted by Crippen LogP contribution is -2.20. The van der Waals surface area contributed by atoms with Gasteiger partial charge in [0.25, 0.3) is 0 Å². The molecule has 1 aromatic carbocycles. The van der Waals surface area contributed by atoms with Gasteiger partial charge in [-0.25, -0.2) is 0 Å². The number of hydrogen-bond donors (Lipinski definition) is 3. The quantitative estimate of drug-likeness (QED) is 0.495. The SMILES string of the molecule is CCOc1ccccc1[C@H](O)C(=N)N. The number of aliphatic hydroxyl groups excluding tert-OH is 1. The molecule has 0 amide bonds. The van der Waals surface area contributed by atoms with Gasteiger partial charge in [-0.15, -0.1) is 0 Å². The molecule has 0 saturated heterocycles. The van der Waals surface area contributed by atoms with Gasteiger partial charge in [-0.1, -0.05) is 18.2 Å². The molecule has 0 unspecified atom stereocenters. The van der Waals surface area contributed by atoms with Crippen LogP contribution in [0.15, 0.2) is 24.3 Å². The second-order valence-electron chi connectivity index (χ2n) is 2.83. The molecule has 0 fully saturated rings. The van der Waals surface area contributed by atoms with Crippen LogP contribution in [-0.2, 0) is 0 Å².